The van der Waals surface area contributed by atoms with Gasteiger partial charge < -0.3 is 0 Å². The minimum atomic E-state index is -4.15. The lowest BCUT2D eigenvalue weighted by Gasteiger charge is -2.31. The van der Waals surface area contributed by atoms with Crippen molar-refractivity contribution < 1.29 is 22.1 Å². The van der Waals surface area contributed by atoms with E-state index in [0.29, 0.717) is 18.4 Å². The summed E-state index contributed by atoms with van der Waals surface area (Å²) in [7, 11) is -4.15. The zero-order valence-corrected chi connectivity index (χ0v) is 14.0. The lowest BCUT2D eigenvalue weighted by molar-refractivity contribution is -0.385. The standard InChI is InChI=1S/C16H14F2N2O4S/c1-10-14(20(21)22)5-2-6-16(10)25(23,24)19-7-3-4-11-8-12(17)13(18)9-15(11)19/h2,5-6,8-9H,3-4,7H2,1H3. The summed E-state index contributed by atoms with van der Waals surface area (Å²) in [4.78, 5) is 10.2. The van der Waals surface area contributed by atoms with E-state index < -0.39 is 26.6 Å². The van der Waals surface area contributed by atoms with E-state index >= 15 is 0 Å². The van der Waals surface area contributed by atoms with Crippen LogP contribution in [-0.4, -0.2) is 19.9 Å². The van der Waals surface area contributed by atoms with Crippen molar-refractivity contribution in [2.75, 3.05) is 10.8 Å². The first kappa shape index (κ1) is 17.3. The molecule has 9 heteroatoms. The van der Waals surface area contributed by atoms with Crippen molar-refractivity contribution >= 4 is 21.4 Å². The number of anilines is 1. The van der Waals surface area contributed by atoms with Gasteiger partial charge in [-0.3, -0.25) is 14.4 Å². The first-order valence-electron chi connectivity index (χ1n) is 7.48. The highest BCUT2D eigenvalue weighted by Crippen LogP contribution is 2.35. The molecule has 2 aromatic rings. The van der Waals surface area contributed by atoms with Gasteiger partial charge in [0.25, 0.3) is 15.7 Å². The van der Waals surface area contributed by atoms with Crippen LogP contribution in [0.3, 0.4) is 0 Å². The first-order valence-corrected chi connectivity index (χ1v) is 8.92. The highest BCUT2D eigenvalue weighted by molar-refractivity contribution is 7.92. The average Bonchev–Trinajstić information content (AvgIpc) is 2.55. The Morgan fingerprint density at radius 3 is 2.56 bits per heavy atom. The molecule has 1 aliphatic heterocycles. The third-order valence-corrected chi connectivity index (χ3v) is 6.18. The summed E-state index contributed by atoms with van der Waals surface area (Å²) in [6.07, 6.45) is 0.859. The van der Waals surface area contributed by atoms with E-state index in [0.717, 1.165) is 16.4 Å². The monoisotopic (exact) mass is 368 g/mol. The zero-order chi connectivity index (χ0) is 18.4. The summed E-state index contributed by atoms with van der Waals surface area (Å²) in [6, 6.07) is 5.62. The van der Waals surface area contributed by atoms with E-state index in [-0.39, 0.29) is 28.4 Å². The van der Waals surface area contributed by atoms with E-state index in [1.165, 1.54) is 25.1 Å². The summed E-state index contributed by atoms with van der Waals surface area (Å²) in [5.74, 6) is -2.18. The van der Waals surface area contributed by atoms with E-state index in [1.807, 2.05) is 0 Å². The summed E-state index contributed by atoms with van der Waals surface area (Å²) >= 11 is 0. The molecule has 0 atom stereocenters. The molecule has 25 heavy (non-hydrogen) atoms. The Balaban J connectivity index is 2.17. The van der Waals surface area contributed by atoms with Gasteiger partial charge in [-0.2, -0.15) is 0 Å². The van der Waals surface area contributed by atoms with Gasteiger partial charge in [0.15, 0.2) is 11.6 Å². The number of fused-ring (bicyclic) bond motifs is 1. The number of nitro benzene ring substituents is 1. The maximum atomic E-state index is 13.6. The van der Waals surface area contributed by atoms with Crippen LogP contribution in [0.1, 0.15) is 17.5 Å². The molecule has 1 aliphatic rings. The van der Waals surface area contributed by atoms with Crippen LogP contribution in [0.4, 0.5) is 20.2 Å². The van der Waals surface area contributed by atoms with Gasteiger partial charge in [-0.15, -0.1) is 0 Å². The van der Waals surface area contributed by atoms with Gasteiger partial charge in [0.2, 0.25) is 0 Å². The van der Waals surface area contributed by atoms with E-state index in [2.05, 4.69) is 0 Å². The van der Waals surface area contributed by atoms with Crippen LogP contribution in [0.15, 0.2) is 35.2 Å². The molecule has 0 bridgehead atoms. The maximum absolute atomic E-state index is 13.6. The van der Waals surface area contributed by atoms with Crippen molar-refractivity contribution in [1.82, 2.24) is 0 Å². The summed E-state index contributed by atoms with van der Waals surface area (Å²) in [5.41, 5.74) is 0.138. The van der Waals surface area contributed by atoms with Crippen molar-refractivity contribution in [2.24, 2.45) is 0 Å². The fraction of sp³-hybridized carbons (Fsp3) is 0.250. The summed E-state index contributed by atoms with van der Waals surface area (Å²) in [6.45, 7) is 1.43. The van der Waals surface area contributed by atoms with E-state index in [1.54, 1.807) is 0 Å². The third kappa shape index (κ3) is 2.84. The molecule has 3 rings (SSSR count). The molecule has 0 radical (unpaired) electrons. The Morgan fingerprint density at radius 1 is 1.20 bits per heavy atom. The molecule has 2 aromatic carbocycles. The molecule has 6 nitrogen and oxygen atoms in total. The second-order valence-corrected chi connectivity index (χ2v) is 7.56. The largest absolute Gasteiger partial charge is 0.273 e. The van der Waals surface area contributed by atoms with Gasteiger partial charge in [-0.1, -0.05) is 6.07 Å². The smallest absolute Gasteiger partial charge is 0.266 e. The molecular formula is C16H14F2N2O4S. The molecule has 0 N–H and O–H groups in total. The molecular weight excluding hydrogens is 354 g/mol. The van der Waals surface area contributed by atoms with Crippen LogP contribution >= 0.6 is 0 Å². The highest BCUT2D eigenvalue weighted by atomic mass is 32.2. The molecule has 0 saturated heterocycles. The number of benzene rings is 2. The topological polar surface area (TPSA) is 80.5 Å². The Morgan fingerprint density at radius 2 is 1.88 bits per heavy atom. The highest BCUT2D eigenvalue weighted by Gasteiger charge is 2.33. The fourth-order valence-corrected chi connectivity index (χ4v) is 4.77. The second kappa shape index (κ2) is 6.07. The van der Waals surface area contributed by atoms with Crippen LogP contribution in [0.25, 0.3) is 0 Å². The van der Waals surface area contributed by atoms with Crippen molar-refractivity contribution in [2.45, 2.75) is 24.7 Å². The lowest BCUT2D eigenvalue weighted by Crippen LogP contribution is -2.36. The quantitative estimate of drug-likeness (QED) is 0.615. The molecule has 0 unspecified atom stereocenters. The Bertz CT molecular complexity index is 976. The Kier molecular flexibility index (Phi) is 4.19. The van der Waals surface area contributed by atoms with Crippen LogP contribution in [0.2, 0.25) is 0 Å². The minimum absolute atomic E-state index is 0.00204. The zero-order valence-electron chi connectivity index (χ0n) is 13.2. The van der Waals surface area contributed by atoms with Gasteiger partial charge in [-0.25, -0.2) is 17.2 Å². The maximum Gasteiger partial charge on any atom is 0.273 e. The molecule has 0 fully saturated rings. The SMILES string of the molecule is Cc1c([N+](=O)[O-])cccc1S(=O)(=O)N1CCCc2cc(F)c(F)cc21. The molecule has 0 amide bonds. The molecule has 0 spiro atoms. The Hall–Kier alpha value is -2.55. The predicted octanol–water partition coefficient (Wildman–Crippen LogP) is 3.32. The number of hydrogen-bond acceptors (Lipinski definition) is 4. The molecule has 1 heterocycles. The van der Waals surface area contributed by atoms with Crippen molar-refractivity contribution in [1.29, 1.82) is 0 Å². The number of hydrogen-bond donors (Lipinski definition) is 0. The number of nitro groups is 1. The van der Waals surface area contributed by atoms with Gasteiger partial charge in [-0.05, 0) is 37.5 Å². The second-order valence-electron chi connectivity index (χ2n) is 5.73. The first-order chi connectivity index (χ1) is 11.7. The predicted molar refractivity (Wildman–Crippen MR) is 87.0 cm³/mol. The van der Waals surface area contributed by atoms with Crippen LogP contribution in [0, 0.1) is 28.7 Å². The van der Waals surface area contributed by atoms with Crippen LogP contribution < -0.4 is 4.31 Å². The molecule has 0 aliphatic carbocycles. The molecule has 0 aromatic heterocycles. The number of nitrogens with zero attached hydrogens (tertiary/aromatic N) is 2. The van der Waals surface area contributed by atoms with E-state index in [4.69, 9.17) is 0 Å². The normalized spacial score (nSPS) is 14.3. The van der Waals surface area contributed by atoms with Crippen molar-refractivity contribution in [3.8, 4) is 0 Å². The van der Waals surface area contributed by atoms with Gasteiger partial charge >= 0.3 is 0 Å². The average molecular weight is 368 g/mol. The number of aryl methyl sites for hydroxylation is 1. The number of halogens is 2. The third-order valence-electron chi connectivity index (χ3n) is 4.22. The minimum Gasteiger partial charge on any atom is -0.266 e. The lowest BCUT2D eigenvalue weighted by atomic mass is 10.0. The number of sulfonamides is 1. The van der Waals surface area contributed by atoms with Gasteiger partial charge in [0.1, 0.15) is 0 Å². The van der Waals surface area contributed by atoms with Crippen molar-refractivity contribution in [3.63, 3.8) is 0 Å². The summed E-state index contributed by atoms with van der Waals surface area (Å²) in [5, 5.41) is 11.1. The molecule has 132 valence electrons. The summed E-state index contributed by atoms with van der Waals surface area (Å²) < 4.78 is 54.1. The Labute approximate surface area is 142 Å². The van der Waals surface area contributed by atoms with Gasteiger partial charge in [0.05, 0.1) is 15.5 Å². The van der Waals surface area contributed by atoms with E-state index in [9.17, 15) is 27.3 Å². The number of rotatable bonds is 3. The van der Waals surface area contributed by atoms with Crippen LogP contribution in [0.5, 0.6) is 0 Å². The van der Waals surface area contributed by atoms with Gasteiger partial charge in [0, 0.05) is 24.2 Å². The fourth-order valence-electron chi connectivity index (χ4n) is 2.99. The molecule has 0 saturated carbocycles. The van der Waals surface area contributed by atoms with Crippen LogP contribution in [-0.2, 0) is 16.4 Å². The van der Waals surface area contributed by atoms with Crippen molar-refractivity contribution in [3.05, 3.63) is 63.2 Å².